The third-order valence-electron chi connectivity index (χ3n) is 3.43. The summed E-state index contributed by atoms with van der Waals surface area (Å²) in [4.78, 5) is 10.2. The van der Waals surface area contributed by atoms with Crippen molar-refractivity contribution in [2.45, 2.75) is 57.3 Å². The van der Waals surface area contributed by atoms with E-state index in [2.05, 4.69) is 0 Å². The molecule has 0 bridgehead atoms. The second-order valence-corrected chi connectivity index (χ2v) is 5.90. The van der Waals surface area contributed by atoms with Crippen molar-refractivity contribution in [2.24, 2.45) is 0 Å². The fraction of sp³-hybridized carbons (Fsp3) is 0.409. The Labute approximate surface area is 162 Å². The molecule has 0 fully saturated rings. The molecule has 3 N–H and O–H groups in total. The topological polar surface area (TPSA) is 101 Å². The molecule has 0 heterocycles. The van der Waals surface area contributed by atoms with E-state index in [1.54, 1.807) is 54.7 Å². The lowest BCUT2D eigenvalue weighted by Crippen LogP contribution is -2.22. The first-order valence-corrected chi connectivity index (χ1v) is 9.19. The lowest BCUT2D eigenvalue weighted by Gasteiger charge is -2.11. The largest absolute Gasteiger partial charge is 0.550 e. The summed E-state index contributed by atoms with van der Waals surface area (Å²) in [6.45, 7) is 2.01. The van der Waals surface area contributed by atoms with Gasteiger partial charge in [-0.1, -0.05) is 79.8 Å². The first-order chi connectivity index (χ1) is 13.0. The number of rotatable bonds is 14. The minimum absolute atomic E-state index is 0.0160. The van der Waals surface area contributed by atoms with Crippen LogP contribution >= 0.6 is 0 Å². The molecule has 0 aromatic heterocycles. The molecule has 0 aliphatic heterocycles. The minimum atomic E-state index is -1.08. The van der Waals surface area contributed by atoms with Gasteiger partial charge >= 0.3 is 0 Å². The summed E-state index contributed by atoms with van der Waals surface area (Å²) < 4.78 is 0. The molecule has 0 spiro atoms. The van der Waals surface area contributed by atoms with Crippen LogP contribution in [0.1, 0.15) is 39.0 Å². The monoisotopic (exact) mass is 375 g/mol. The van der Waals surface area contributed by atoms with Crippen LogP contribution in [-0.4, -0.2) is 39.6 Å². The van der Waals surface area contributed by atoms with Gasteiger partial charge in [0.25, 0.3) is 0 Å². The highest BCUT2D eigenvalue weighted by Gasteiger charge is 2.10. The lowest BCUT2D eigenvalue weighted by atomic mass is 10.1. The summed E-state index contributed by atoms with van der Waals surface area (Å²) in [5.74, 6) is -1.08. The van der Waals surface area contributed by atoms with Crippen LogP contribution < -0.4 is 5.11 Å². The standard InChI is InChI=1S/C22H32O5/c1-2-3-9-16-20(24)21(25)17-12-7-5-4-6-10-14-19(23)15-11-8-13-18-22(26)27/h3-12,14,17,19-21,23-25H,2,13,15-16,18H2,1H3,(H,26,27)/p-1/b6-4-,7-5+,9-3-,11-8-,14-10+,17-12+/t19-,20-,21-/m1/s1. The number of aliphatic hydroxyl groups is 3. The molecule has 3 atom stereocenters. The molecule has 27 heavy (non-hydrogen) atoms. The summed E-state index contributed by atoms with van der Waals surface area (Å²) in [6, 6.07) is 0. The van der Waals surface area contributed by atoms with E-state index in [1.807, 2.05) is 19.1 Å². The van der Waals surface area contributed by atoms with Crippen molar-refractivity contribution in [1.29, 1.82) is 0 Å². The normalized spacial score (nSPS) is 16.6. The molecule has 0 saturated heterocycles. The summed E-state index contributed by atoms with van der Waals surface area (Å²) in [6.07, 6.45) is 20.6. The van der Waals surface area contributed by atoms with Gasteiger partial charge in [0.1, 0.15) is 0 Å². The molecule has 0 aliphatic carbocycles. The van der Waals surface area contributed by atoms with Gasteiger partial charge in [-0.15, -0.1) is 0 Å². The number of carboxylic acid groups (broad SMARTS) is 1. The number of carbonyl (C=O) groups excluding carboxylic acids is 1. The Morgan fingerprint density at radius 1 is 0.852 bits per heavy atom. The van der Waals surface area contributed by atoms with Crippen LogP contribution in [0.3, 0.4) is 0 Å². The highest BCUT2D eigenvalue weighted by Crippen LogP contribution is 2.03. The molecule has 0 aromatic rings. The quantitative estimate of drug-likeness (QED) is 0.319. The second-order valence-electron chi connectivity index (χ2n) is 5.90. The second kappa shape index (κ2) is 17.2. The zero-order valence-electron chi connectivity index (χ0n) is 15.9. The number of hydrogen-bond acceptors (Lipinski definition) is 5. The minimum Gasteiger partial charge on any atom is -0.550 e. The van der Waals surface area contributed by atoms with E-state index in [0.29, 0.717) is 19.3 Å². The number of hydrogen-bond donors (Lipinski definition) is 3. The Hall–Kier alpha value is -2.21. The fourth-order valence-electron chi connectivity index (χ4n) is 1.93. The summed E-state index contributed by atoms with van der Waals surface area (Å²) in [5, 5.41) is 39.4. The van der Waals surface area contributed by atoms with Crippen LogP contribution in [0.5, 0.6) is 0 Å². The number of aliphatic hydroxyl groups excluding tert-OH is 3. The third-order valence-corrected chi connectivity index (χ3v) is 3.43. The lowest BCUT2D eigenvalue weighted by molar-refractivity contribution is -0.305. The zero-order valence-corrected chi connectivity index (χ0v) is 15.9. The van der Waals surface area contributed by atoms with Crippen molar-refractivity contribution in [2.75, 3.05) is 0 Å². The highest BCUT2D eigenvalue weighted by molar-refractivity contribution is 5.64. The van der Waals surface area contributed by atoms with Crippen LogP contribution in [0.25, 0.3) is 0 Å². The molecule has 150 valence electrons. The van der Waals surface area contributed by atoms with Crippen molar-refractivity contribution in [3.8, 4) is 0 Å². The van der Waals surface area contributed by atoms with Crippen LogP contribution in [0.4, 0.5) is 0 Å². The van der Waals surface area contributed by atoms with Crippen molar-refractivity contribution < 1.29 is 25.2 Å². The van der Waals surface area contributed by atoms with Crippen LogP contribution in [-0.2, 0) is 4.79 Å². The Morgan fingerprint density at radius 3 is 2.07 bits per heavy atom. The average molecular weight is 375 g/mol. The summed E-state index contributed by atoms with van der Waals surface area (Å²) in [7, 11) is 0. The maximum Gasteiger partial charge on any atom is 0.0986 e. The van der Waals surface area contributed by atoms with Gasteiger partial charge in [-0.25, -0.2) is 0 Å². The molecular weight excluding hydrogens is 344 g/mol. The first kappa shape index (κ1) is 24.8. The number of aliphatic carboxylic acids is 1. The Bertz CT molecular complexity index is 555. The van der Waals surface area contributed by atoms with Gasteiger partial charge in [0, 0.05) is 5.97 Å². The predicted octanol–water partition coefficient (Wildman–Crippen LogP) is 2.13. The van der Waals surface area contributed by atoms with Gasteiger partial charge in [0.2, 0.25) is 0 Å². The van der Waals surface area contributed by atoms with Crippen molar-refractivity contribution in [3.05, 3.63) is 72.9 Å². The van der Waals surface area contributed by atoms with Crippen LogP contribution in [0, 0.1) is 0 Å². The Kier molecular flexibility index (Phi) is 15.8. The molecule has 0 aliphatic rings. The SMILES string of the molecule is CC/C=C\C[C@@H](O)[C@H](O)/C=C/C=C/C=C\C=C\[C@@H](O)C/C=C\CCC(=O)[O-]. The molecule has 0 unspecified atom stereocenters. The number of allylic oxidation sites excluding steroid dienone is 8. The molecule has 0 rings (SSSR count). The molecule has 0 amide bonds. The predicted molar refractivity (Wildman–Crippen MR) is 107 cm³/mol. The van der Waals surface area contributed by atoms with Gasteiger partial charge in [-0.05, 0) is 32.1 Å². The van der Waals surface area contributed by atoms with E-state index >= 15 is 0 Å². The summed E-state index contributed by atoms with van der Waals surface area (Å²) in [5.41, 5.74) is 0. The number of carboxylic acids is 1. The maximum atomic E-state index is 10.2. The van der Waals surface area contributed by atoms with E-state index in [4.69, 9.17) is 0 Å². The van der Waals surface area contributed by atoms with Crippen LogP contribution in [0.15, 0.2) is 72.9 Å². The molecular formula is C22H31O5-. The van der Waals surface area contributed by atoms with Crippen molar-refractivity contribution in [3.63, 3.8) is 0 Å². The van der Waals surface area contributed by atoms with Gasteiger partial charge in [0.15, 0.2) is 0 Å². The van der Waals surface area contributed by atoms with Gasteiger partial charge in [-0.2, -0.15) is 0 Å². The van der Waals surface area contributed by atoms with E-state index < -0.39 is 24.3 Å². The molecule has 5 heteroatoms. The fourth-order valence-corrected chi connectivity index (χ4v) is 1.93. The maximum absolute atomic E-state index is 10.2. The first-order valence-electron chi connectivity index (χ1n) is 9.19. The van der Waals surface area contributed by atoms with Gasteiger partial charge in [0.05, 0.1) is 18.3 Å². The smallest absolute Gasteiger partial charge is 0.0986 e. The average Bonchev–Trinajstić information content (AvgIpc) is 2.63. The van der Waals surface area contributed by atoms with E-state index in [0.717, 1.165) is 6.42 Å². The molecule has 0 radical (unpaired) electrons. The van der Waals surface area contributed by atoms with Crippen molar-refractivity contribution >= 4 is 5.97 Å². The van der Waals surface area contributed by atoms with Gasteiger partial charge in [-0.3, -0.25) is 0 Å². The molecule has 0 aromatic carbocycles. The zero-order chi connectivity index (χ0) is 20.3. The Morgan fingerprint density at radius 2 is 1.44 bits per heavy atom. The highest BCUT2D eigenvalue weighted by atomic mass is 16.4. The molecule has 5 nitrogen and oxygen atoms in total. The van der Waals surface area contributed by atoms with E-state index in [1.165, 1.54) is 6.08 Å². The van der Waals surface area contributed by atoms with Crippen molar-refractivity contribution in [1.82, 2.24) is 0 Å². The summed E-state index contributed by atoms with van der Waals surface area (Å²) >= 11 is 0. The van der Waals surface area contributed by atoms with Gasteiger partial charge < -0.3 is 25.2 Å². The molecule has 0 saturated carbocycles. The van der Waals surface area contributed by atoms with E-state index in [-0.39, 0.29) is 6.42 Å². The Balaban J connectivity index is 4.03. The third kappa shape index (κ3) is 17.0. The van der Waals surface area contributed by atoms with E-state index in [9.17, 15) is 25.2 Å². The van der Waals surface area contributed by atoms with Crippen LogP contribution in [0.2, 0.25) is 0 Å². The number of carbonyl (C=O) groups is 1.